The van der Waals surface area contributed by atoms with Crippen molar-refractivity contribution < 1.29 is 9.53 Å². The highest BCUT2D eigenvalue weighted by Crippen LogP contribution is 2.18. The van der Waals surface area contributed by atoms with E-state index in [9.17, 15) is 4.79 Å². The van der Waals surface area contributed by atoms with Gasteiger partial charge in [0.25, 0.3) is 0 Å². The zero-order chi connectivity index (χ0) is 12.7. The summed E-state index contributed by atoms with van der Waals surface area (Å²) in [5, 5.41) is 2.99. The van der Waals surface area contributed by atoms with E-state index < -0.39 is 0 Å². The molecule has 0 bridgehead atoms. The average molecular weight is 243 g/mol. The van der Waals surface area contributed by atoms with E-state index in [2.05, 4.69) is 10.2 Å². The van der Waals surface area contributed by atoms with Gasteiger partial charge >= 0.3 is 0 Å². The molecule has 1 amide bonds. The number of nitrogens with zero attached hydrogens (tertiary/aromatic N) is 1. The van der Waals surface area contributed by atoms with E-state index in [1.54, 1.807) is 7.11 Å². The predicted molar refractivity (Wildman–Crippen MR) is 67.7 cm³/mol. The summed E-state index contributed by atoms with van der Waals surface area (Å²) >= 11 is 0. The van der Waals surface area contributed by atoms with Gasteiger partial charge in [0.1, 0.15) is 0 Å². The molecule has 17 heavy (non-hydrogen) atoms. The monoisotopic (exact) mass is 243 g/mol. The molecule has 1 atom stereocenters. The molecular weight excluding hydrogens is 218 g/mol. The average Bonchev–Trinajstić information content (AvgIpc) is 3.07. The van der Waals surface area contributed by atoms with Crippen LogP contribution < -0.4 is 11.1 Å². The number of amides is 1. The minimum Gasteiger partial charge on any atom is -0.383 e. The van der Waals surface area contributed by atoms with Crippen LogP contribution in [0.2, 0.25) is 0 Å². The van der Waals surface area contributed by atoms with Crippen molar-refractivity contribution >= 4 is 5.91 Å². The second-order valence-electron chi connectivity index (χ2n) is 4.80. The Morgan fingerprint density at radius 1 is 1.59 bits per heavy atom. The first kappa shape index (κ1) is 14.4. The van der Waals surface area contributed by atoms with Crippen molar-refractivity contribution in [1.29, 1.82) is 0 Å². The summed E-state index contributed by atoms with van der Waals surface area (Å²) < 4.78 is 5.18. The third-order valence-corrected chi connectivity index (χ3v) is 3.06. The maximum Gasteiger partial charge on any atom is 0.234 e. The van der Waals surface area contributed by atoms with Crippen molar-refractivity contribution in [2.24, 2.45) is 5.73 Å². The number of methoxy groups -OCH3 is 1. The van der Waals surface area contributed by atoms with E-state index in [0.717, 1.165) is 25.7 Å². The van der Waals surface area contributed by atoms with Crippen LogP contribution >= 0.6 is 0 Å². The number of likely N-dealkylation sites (N-methyl/N-ethyl adjacent to an activating group) is 1. The van der Waals surface area contributed by atoms with E-state index in [4.69, 9.17) is 10.5 Å². The molecule has 0 aliphatic heterocycles. The van der Waals surface area contributed by atoms with Gasteiger partial charge in [-0.1, -0.05) is 0 Å². The van der Waals surface area contributed by atoms with Crippen molar-refractivity contribution in [2.75, 3.05) is 33.9 Å². The van der Waals surface area contributed by atoms with Gasteiger partial charge in [-0.3, -0.25) is 9.69 Å². The number of carbonyl (C=O) groups is 1. The Hall–Kier alpha value is -0.650. The van der Waals surface area contributed by atoms with Gasteiger partial charge in [-0.05, 0) is 39.3 Å². The SMILES string of the molecule is COCC(CCCN)N(C)CC(=O)NC1CC1. The number of nitrogens with one attached hydrogen (secondary N) is 1. The normalized spacial score (nSPS) is 17.2. The molecule has 1 aliphatic carbocycles. The third kappa shape index (κ3) is 6.00. The highest BCUT2D eigenvalue weighted by Gasteiger charge is 2.24. The Bertz CT molecular complexity index is 232. The Kier molecular flexibility index (Phi) is 6.47. The lowest BCUT2D eigenvalue weighted by molar-refractivity contribution is -0.122. The Balaban J connectivity index is 2.28. The maximum absolute atomic E-state index is 11.7. The Labute approximate surface area is 104 Å². The number of ether oxygens (including phenoxy) is 1. The van der Waals surface area contributed by atoms with Crippen LogP contribution in [0.3, 0.4) is 0 Å². The molecule has 100 valence electrons. The van der Waals surface area contributed by atoms with Crippen molar-refractivity contribution in [2.45, 2.75) is 37.8 Å². The Morgan fingerprint density at radius 3 is 2.82 bits per heavy atom. The molecule has 1 rings (SSSR count). The molecule has 3 N–H and O–H groups in total. The second-order valence-corrected chi connectivity index (χ2v) is 4.80. The van der Waals surface area contributed by atoms with Gasteiger partial charge in [0.15, 0.2) is 0 Å². The van der Waals surface area contributed by atoms with Gasteiger partial charge in [-0.2, -0.15) is 0 Å². The van der Waals surface area contributed by atoms with Crippen LogP contribution in [0.5, 0.6) is 0 Å². The van der Waals surface area contributed by atoms with Crippen LogP contribution in [0.1, 0.15) is 25.7 Å². The lowest BCUT2D eigenvalue weighted by atomic mass is 10.1. The van der Waals surface area contributed by atoms with Gasteiger partial charge in [0, 0.05) is 19.2 Å². The molecular formula is C12H25N3O2. The summed E-state index contributed by atoms with van der Waals surface area (Å²) in [6, 6.07) is 0.703. The standard InChI is InChI=1S/C12H25N3O2/c1-15(8-12(16)14-10-5-6-10)11(9-17-2)4-3-7-13/h10-11H,3-9,13H2,1-2H3,(H,14,16). The number of nitrogens with two attached hydrogens (primary N) is 1. The summed E-state index contributed by atoms with van der Waals surface area (Å²) in [6.45, 7) is 1.77. The van der Waals surface area contributed by atoms with E-state index in [1.807, 2.05) is 7.05 Å². The van der Waals surface area contributed by atoms with Crippen LogP contribution in [-0.4, -0.2) is 56.7 Å². The molecule has 0 aromatic heterocycles. The topological polar surface area (TPSA) is 67.6 Å². The molecule has 5 nitrogen and oxygen atoms in total. The summed E-state index contributed by atoms with van der Waals surface area (Å²) in [7, 11) is 3.65. The van der Waals surface area contributed by atoms with Gasteiger partial charge in [-0.25, -0.2) is 0 Å². The molecule has 0 saturated heterocycles. The molecule has 1 unspecified atom stereocenters. The van der Waals surface area contributed by atoms with Crippen molar-refractivity contribution in [3.63, 3.8) is 0 Å². The van der Waals surface area contributed by atoms with Crippen LogP contribution in [0.25, 0.3) is 0 Å². The first-order valence-electron chi connectivity index (χ1n) is 6.36. The van der Waals surface area contributed by atoms with E-state index in [1.165, 1.54) is 0 Å². The first-order chi connectivity index (χ1) is 8.17. The van der Waals surface area contributed by atoms with Crippen LogP contribution in [0.15, 0.2) is 0 Å². The molecule has 0 radical (unpaired) electrons. The largest absolute Gasteiger partial charge is 0.383 e. The van der Waals surface area contributed by atoms with Crippen LogP contribution in [0, 0.1) is 0 Å². The lowest BCUT2D eigenvalue weighted by Crippen LogP contribution is -2.43. The van der Waals surface area contributed by atoms with Gasteiger partial charge in [-0.15, -0.1) is 0 Å². The summed E-state index contributed by atoms with van der Waals surface area (Å²) in [6.07, 6.45) is 4.19. The first-order valence-corrected chi connectivity index (χ1v) is 6.36. The molecule has 1 fully saturated rings. The van der Waals surface area contributed by atoms with Crippen LogP contribution in [-0.2, 0) is 9.53 Å². The van der Waals surface area contributed by atoms with Gasteiger partial charge in [0.2, 0.25) is 5.91 Å². The molecule has 1 aliphatic rings. The molecule has 0 spiro atoms. The second kappa shape index (κ2) is 7.63. The number of hydrogen-bond donors (Lipinski definition) is 2. The fraction of sp³-hybridized carbons (Fsp3) is 0.917. The van der Waals surface area contributed by atoms with Crippen molar-refractivity contribution in [1.82, 2.24) is 10.2 Å². The Morgan fingerprint density at radius 2 is 2.29 bits per heavy atom. The smallest absolute Gasteiger partial charge is 0.234 e. The maximum atomic E-state index is 11.7. The summed E-state index contributed by atoms with van der Waals surface area (Å²) in [5.74, 6) is 0.115. The summed E-state index contributed by atoms with van der Waals surface area (Å²) in [4.78, 5) is 13.7. The minimum atomic E-state index is 0.115. The fourth-order valence-corrected chi connectivity index (χ4v) is 1.83. The van der Waals surface area contributed by atoms with Crippen LogP contribution in [0.4, 0.5) is 0 Å². The van der Waals surface area contributed by atoms with Crippen molar-refractivity contribution in [3.05, 3.63) is 0 Å². The predicted octanol–water partition coefficient (Wildman–Crippen LogP) is -0.0493. The van der Waals surface area contributed by atoms with Crippen molar-refractivity contribution in [3.8, 4) is 0 Å². The summed E-state index contributed by atoms with van der Waals surface area (Å²) in [5.41, 5.74) is 5.51. The highest BCUT2D eigenvalue weighted by molar-refractivity contribution is 5.78. The van der Waals surface area contributed by atoms with Gasteiger partial charge in [0.05, 0.1) is 13.2 Å². The molecule has 1 saturated carbocycles. The van der Waals surface area contributed by atoms with Gasteiger partial charge < -0.3 is 15.8 Å². The van der Waals surface area contributed by atoms with E-state index >= 15 is 0 Å². The van der Waals surface area contributed by atoms with E-state index in [0.29, 0.717) is 25.7 Å². The fourth-order valence-electron chi connectivity index (χ4n) is 1.83. The molecule has 0 aromatic carbocycles. The third-order valence-electron chi connectivity index (χ3n) is 3.06. The van der Waals surface area contributed by atoms with E-state index in [-0.39, 0.29) is 11.9 Å². The number of rotatable bonds is 9. The number of carbonyl (C=O) groups excluding carboxylic acids is 1. The molecule has 5 heteroatoms. The molecule has 0 aromatic rings. The highest BCUT2D eigenvalue weighted by atomic mass is 16.5. The lowest BCUT2D eigenvalue weighted by Gasteiger charge is -2.26. The molecule has 0 heterocycles. The zero-order valence-corrected chi connectivity index (χ0v) is 10.9. The minimum absolute atomic E-state index is 0.115. The number of hydrogen-bond acceptors (Lipinski definition) is 4. The quantitative estimate of drug-likeness (QED) is 0.596. The zero-order valence-electron chi connectivity index (χ0n) is 10.9.